The number of nitrogens with zero attached hydrogens (tertiary/aromatic N) is 2. The lowest BCUT2D eigenvalue weighted by atomic mass is 10.2. The van der Waals surface area contributed by atoms with E-state index in [0.29, 0.717) is 10.7 Å². The molecule has 0 aliphatic rings. The maximum atomic E-state index is 8.47. The van der Waals surface area contributed by atoms with E-state index in [2.05, 4.69) is 4.98 Å². The highest BCUT2D eigenvalue weighted by molar-refractivity contribution is 6.31. The van der Waals surface area contributed by atoms with Gasteiger partial charge in [-0.05, 0) is 13.0 Å². The van der Waals surface area contributed by atoms with Gasteiger partial charge in [0.05, 0.1) is 0 Å². The molecule has 0 amide bonds. The van der Waals surface area contributed by atoms with E-state index in [1.54, 1.807) is 13.0 Å². The highest BCUT2D eigenvalue weighted by Gasteiger charge is 2.00. The SMILES string of the molecule is CC.Cc1c(Cl)ccnc1C#N. The Bertz CT molecular complexity index is 289. The lowest BCUT2D eigenvalue weighted by Gasteiger charge is -1.95. The zero-order chi connectivity index (χ0) is 9.56. The van der Waals surface area contributed by atoms with Crippen molar-refractivity contribution in [3.63, 3.8) is 0 Å². The molecular formula is C9H11ClN2. The van der Waals surface area contributed by atoms with Crippen LogP contribution < -0.4 is 0 Å². The summed E-state index contributed by atoms with van der Waals surface area (Å²) < 4.78 is 0. The van der Waals surface area contributed by atoms with Gasteiger partial charge in [-0.25, -0.2) is 4.98 Å². The van der Waals surface area contributed by atoms with Crippen molar-refractivity contribution in [1.82, 2.24) is 4.98 Å². The third-order valence-corrected chi connectivity index (χ3v) is 1.65. The van der Waals surface area contributed by atoms with Crippen LogP contribution in [0, 0.1) is 18.3 Å². The van der Waals surface area contributed by atoms with Gasteiger partial charge in [0.1, 0.15) is 11.8 Å². The van der Waals surface area contributed by atoms with Crippen LogP contribution >= 0.6 is 11.6 Å². The summed E-state index contributed by atoms with van der Waals surface area (Å²) in [7, 11) is 0. The van der Waals surface area contributed by atoms with E-state index in [-0.39, 0.29) is 0 Å². The molecule has 0 atom stereocenters. The lowest BCUT2D eigenvalue weighted by Crippen LogP contribution is -1.86. The highest BCUT2D eigenvalue weighted by atomic mass is 35.5. The van der Waals surface area contributed by atoms with E-state index in [1.165, 1.54) is 6.20 Å². The van der Waals surface area contributed by atoms with Crippen molar-refractivity contribution in [2.75, 3.05) is 0 Å². The first-order valence-electron chi connectivity index (χ1n) is 3.77. The third kappa shape index (κ3) is 2.52. The fourth-order valence-corrected chi connectivity index (χ4v) is 0.771. The summed E-state index contributed by atoms with van der Waals surface area (Å²) >= 11 is 5.70. The highest BCUT2D eigenvalue weighted by Crippen LogP contribution is 2.14. The Morgan fingerprint density at radius 1 is 1.50 bits per heavy atom. The molecule has 1 aromatic rings. The monoisotopic (exact) mass is 182 g/mol. The summed E-state index contributed by atoms with van der Waals surface area (Å²) in [6, 6.07) is 3.60. The first kappa shape index (κ1) is 10.9. The van der Waals surface area contributed by atoms with E-state index >= 15 is 0 Å². The number of aromatic nitrogens is 1. The Labute approximate surface area is 77.8 Å². The molecule has 3 heteroatoms. The lowest BCUT2D eigenvalue weighted by molar-refractivity contribution is 1.21. The van der Waals surface area contributed by atoms with Gasteiger partial charge >= 0.3 is 0 Å². The Morgan fingerprint density at radius 2 is 2.08 bits per heavy atom. The second-order valence-electron chi connectivity index (χ2n) is 1.88. The molecule has 0 radical (unpaired) electrons. The molecule has 0 bridgehead atoms. The molecule has 0 spiro atoms. The molecule has 0 fully saturated rings. The van der Waals surface area contributed by atoms with E-state index in [0.717, 1.165) is 5.56 Å². The molecule has 0 saturated heterocycles. The van der Waals surface area contributed by atoms with Gasteiger partial charge in [-0.2, -0.15) is 5.26 Å². The van der Waals surface area contributed by atoms with E-state index < -0.39 is 0 Å². The standard InChI is InChI=1S/C7H5ClN2.C2H6/c1-5-6(8)2-3-10-7(5)4-9;1-2/h2-3H,1H3;1-2H3. The minimum Gasteiger partial charge on any atom is -0.245 e. The van der Waals surface area contributed by atoms with Crippen LogP contribution in [0.5, 0.6) is 0 Å². The van der Waals surface area contributed by atoms with Gasteiger partial charge in [0.25, 0.3) is 0 Å². The molecule has 0 saturated carbocycles. The number of hydrogen-bond donors (Lipinski definition) is 0. The van der Waals surface area contributed by atoms with Gasteiger partial charge in [-0.1, -0.05) is 25.4 Å². The van der Waals surface area contributed by atoms with Gasteiger partial charge in [0.15, 0.2) is 0 Å². The molecule has 1 rings (SSSR count). The minimum absolute atomic E-state index is 0.396. The molecule has 0 N–H and O–H groups in total. The topological polar surface area (TPSA) is 36.7 Å². The Morgan fingerprint density at radius 3 is 2.50 bits per heavy atom. The van der Waals surface area contributed by atoms with Crippen LogP contribution in [0.2, 0.25) is 5.02 Å². The summed E-state index contributed by atoms with van der Waals surface area (Å²) in [4.78, 5) is 3.81. The van der Waals surface area contributed by atoms with Crippen molar-refractivity contribution in [2.45, 2.75) is 20.8 Å². The van der Waals surface area contributed by atoms with E-state index in [4.69, 9.17) is 16.9 Å². The maximum absolute atomic E-state index is 8.47. The number of rotatable bonds is 0. The predicted molar refractivity (Wildman–Crippen MR) is 50.0 cm³/mol. The smallest absolute Gasteiger partial charge is 0.144 e. The van der Waals surface area contributed by atoms with Crippen LogP contribution in [0.15, 0.2) is 12.3 Å². The van der Waals surface area contributed by atoms with Crippen LogP contribution in [0.1, 0.15) is 25.1 Å². The molecule has 0 unspecified atom stereocenters. The summed E-state index contributed by atoms with van der Waals surface area (Å²) in [5.41, 5.74) is 1.14. The molecule has 64 valence electrons. The van der Waals surface area contributed by atoms with Gasteiger partial charge in [-0.3, -0.25) is 0 Å². The van der Waals surface area contributed by atoms with Crippen molar-refractivity contribution >= 4 is 11.6 Å². The summed E-state index contributed by atoms with van der Waals surface area (Å²) in [5, 5.41) is 9.06. The average Bonchev–Trinajstić information content (AvgIpc) is 2.13. The van der Waals surface area contributed by atoms with Crippen molar-refractivity contribution in [3.05, 3.63) is 28.5 Å². The zero-order valence-corrected chi connectivity index (χ0v) is 8.18. The van der Waals surface area contributed by atoms with Crippen molar-refractivity contribution in [3.8, 4) is 6.07 Å². The first-order valence-corrected chi connectivity index (χ1v) is 4.14. The molecule has 0 aliphatic carbocycles. The number of pyridine rings is 1. The maximum Gasteiger partial charge on any atom is 0.144 e. The predicted octanol–water partition coefficient (Wildman–Crippen LogP) is 2.94. The minimum atomic E-state index is 0.396. The molecule has 0 aromatic carbocycles. The molecule has 1 aromatic heterocycles. The van der Waals surface area contributed by atoms with Gasteiger partial charge in [0.2, 0.25) is 0 Å². The zero-order valence-electron chi connectivity index (χ0n) is 7.43. The van der Waals surface area contributed by atoms with Crippen molar-refractivity contribution in [2.24, 2.45) is 0 Å². The Kier molecular flexibility index (Phi) is 5.07. The third-order valence-electron chi connectivity index (χ3n) is 1.24. The number of halogens is 1. The molecule has 12 heavy (non-hydrogen) atoms. The van der Waals surface area contributed by atoms with Crippen LogP contribution in [-0.4, -0.2) is 4.98 Å². The van der Waals surface area contributed by atoms with Crippen LogP contribution in [0.25, 0.3) is 0 Å². The Balaban J connectivity index is 0.000000561. The van der Waals surface area contributed by atoms with E-state index in [1.807, 2.05) is 19.9 Å². The fraction of sp³-hybridized carbons (Fsp3) is 0.333. The second-order valence-corrected chi connectivity index (χ2v) is 2.29. The second kappa shape index (κ2) is 5.56. The number of nitriles is 1. The van der Waals surface area contributed by atoms with Gasteiger partial charge < -0.3 is 0 Å². The quantitative estimate of drug-likeness (QED) is 0.619. The first-order chi connectivity index (χ1) is 5.75. The number of hydrogen-bond acceptors (Lipinski definition) is 2. The van der Waals surface area contributed by atoms with Gasteiger partial charge in [0, 0.05) is 16.8 Å². The molecule has 0 aliphatic heterocycles. The van der Waals surface area contributed by atoms with Gasteiger partial charge in [-0.15, -0.1) is 0 Å². The van der Waals surface area contributed by atoms with Crippen molar-refractivity contribution < 1.29 is 0 Å². The fourth-order valence-electron chi connectivity index (χ4n) is 0.625. The summed E-state index contributed by atoms with van der Waals surface area (Å²) in [6.07, 6.45) is 1.52. The van der Waals surface area contributed by atoms with Crippen LogP contribution in [0.4, 0.5) is 0 Å². The molecule has 1 heterocycles. The van der Waals surface area contributed by atoms with Crippen molar-refractivity contribution in [1.29, 1.82) is 5.26 Å². The van der Waals surface area contributed by atoms with E-state index in [9.17, 15) is 0 Å². The Hall–Kier alpha value is -1.07. The van der Waals surface area contributed by atoms with Crippen LogP contribution in [-0.2, 0) is 0 Å². The largest absolute Gasteiger partial charge is 0.245 e. The molecular weight excluding hydrogens is 172 g/mol. The normalized spacial score (nSPS) is 7.92. The summed E-state index contributed by atoms with van der Waals surface area (Å²) in [5.74, 6) is 0. The van der Waals surface area contributed by atoms with Crippen LogP contribution in [0.3, 0.4) is 0 Å². The average molecular weight is 183 g/mol. The molecule has 2 nitrogen and oxygen atoms in total. The summed E-state index contributed by atoms with van der Waals surface area (Å²) in [6.45, 7) is 5.77.